The first-order valence-electron chi connectivity index (χ1n) is 5.60. The molecule has 3 aliphatic rings. The summed E-state index contributed by atoms with van der Waals surface area (Å²) < 4.78 is 0. The van der Waals surface area contributed by atoms with Crippen molar-refractivity contribution in [3.63, 3.8) is 0 Å². The van der Waals surface area contributed by atoms with Crippen LogP contribution in [0, 0.1) is 23.7 Å². The smallest absolute Gasteiger partial charge is 0.0615 e. The zero-order valence-electron chi connectivity index (χ0n) is 7.98. The molecule has 3 rings (SSSR count). The van der Waals surface area contributed by atoms with Crippen molar-refractivity contribution in [2.45, 2.75) is 31.8 Å². The summed E-state index contributed by atoms with van der Waals surface area (Å²) in [5.41, 5.74) is 0. The standard InChI is InChI=1S/C11H18OS/c12-11(9-5-13-6-9)10-4-7-1-2-8(10)3-7/h7-12H,1-6H2. The predicted molar refractivity (Wildman–Crippen MR) is 55.8 cm³/mol. The van der Waals surface area contributed by atoms with E-state index in [9.17, 15) is 5.11 Å². The van der Waals surface area contributed by atoms with Crippen LogP contribution in [0.1, 0.15) is 25.7 Å². The minimum absolute atomic E-state index is 0.0524. The first-order valence-corrected chi connectivity index (χ1v) is 6.76. The lowest BCUT2D eigenvalue weighted by atomic mass is 9.80. The molecule has 2 heteroatoms. The van der Waals surface area contributed by atoms with Gasteiger partial charge in [0.05, 0.1) is 6.10 Å². The molecule has 2 bridgehead atoms. The lowest BCUT2D eigenvalue weighted by Crippen LogP contribution is -2.39. The Balaban J connectivity index is 1.65. The number of fused-ring (bicyclic) bond motifs is 2. The van der Waals surface area contributed by atoms with Crippen LogP contribution in [0.15, 0.2) is 0 Å². The summed E-state index contributed by atoms with van der Waals surface area (Å²) in [6, 6.07) is 0. The normalized spacial score (nSPS) is 46.4. The molecule has 3 fully saturated rings. The van der Waals surface area contributed by atoms with Gasteiger partial charge in [-0.3, -0.25) is 0 Å². The summed E-state index contributed by atoms with van der Waals surface area (Å²) in [6.07, 6.45) is 5.69. The van der Waals surface area contributed by atoms with Gasteiger partial charge < -0.3 is 5.11 Å². The average molecular weight is 198 g/mol. The summed E-state index contributed by atoms with van der Waals surface area (Å²) in [5, 5.41) is 10.2. The Kier molecular flexibility index (Phi) is 2.09. The molecule has 0 aromatic heterocycles. The van der Waals surface area contributed by atoms with E-state index >= 15 is 0 Å². The van der Waals surface area contributed by atoms with E-state index in [1.54, 1.807) is 0 Å². The largest absolute Gasteiger partial charge is 0.392 e. The van der Waals surface area contributed by atoms with Gasteiger partial charge in [0.1, 0.15) is 0 Å². The zero-order valence-corrected chi connectivity index (χ0v) is 8.80. The highest BCUT2D eigenvalue weighted by molar-refractivity contribution is 8.00. The number of aliphatic hydroxyl groups excluding tert-OH is 1. The minimum Gasteiger partial charge on any atom is -0.392 e. The lowest BCUT2D eigenvalue weighted by Gasteiger charge is -2.36. The number of aliphatic hydroxyl groups is 1. The molecule has 1 aliphatic heterocycles. The topological polar surface area (TPSA) is 20.2 Å². The molecule has 4 atom stereocenters. The van der Waals surface area contributed by atoms with E-state index in [4.69, 9.17) is 0 Å². The summed E-state index contributed by atoms with van der Waals surface area (Å²) in [7, 11) is 0. The third-order valence-electron chi connectivity index (χ3n) is 4.38. The lowest BCUT2D eigenvalue weighted by molar-refractivity contribution is 0.0372. The number of rotatable bonds is 2. The van der Waals surface area contributed by atoms with Gasteiger partial charge in [0.2, 0.25) is 0 Å². The van der Waals surface area contributed by atoms with Crippen molar-refractivity contribution in [3.05, 3.63) is 0 Å². The van der Waals surface area contributed by atoms with Crippen LogP contribution in [0.4, 0.5) is 0 Å². The Morgan fingerprint density at radius 1 is 1.15 bits per heavy atom. The fourth-order valence-corrected chi connectivity index (χ4v) is 4.42. The molecular formula is C11H18OS. The number of hydrogen-bond acceptors (Lipinski definition) is 2. The van der Waals surface area contributed by atoms with Gasteiger partial charge in [0.25, 0.3) is 0 Å². The SMILES string of the molecule is OC(C1CSC1)C1CC2CCC1C2. The summed E-state index contributed by atoms with van der Waals surface area (Å²) in [5.74, 6) is 5.64. The first-order chi connectivity index (χ1) is 6.34. The minimum atomic E-state index is 0.0524. The van der Waals surface area contributed by atoms with Crippen molar-refractivity contribution < 1.29 is 5.11 Å². The van der Waals surface area contributed by atoms with Crippen LogP contribution < -0.4 is 0 Å². The molecule has 0 amide bonds. The summed E-state index contributed by atoms with van der Waals surface area (Å²) in [6.45, 7) is 0. The van der Waals surface area contributed by atoms with Gasteiger partial charge in [0.15, 0.2) is 0 Å². The van der Waals surface area contributed by atoms with E-state index in [2.05, 4.69) is 0 Å². The van der Waals surface area contributed by atoms with Crippen molar-refractivity contribution in [1.29, 1.82) is 0 Å². The molecule has 2 aliphatic carbocycles. The maximum Gasteiger partial charge on any atom is 0.0615 e. The average Bonchev–Trinajstić information content (AvgIpc) is 2.59. The highest BCUT2D eigenvalue weighted by Crippen LogP contribution is 2.51. The molecule has 1 saturated heterocycles. The molecule has 0 aromatic rings. The molecule has 0 radical (unpaired) electrons. The predicted octanol–water partition coefficient (Wildman–Crippen LogP) is 2.15. The Labute approximate surface area is 84.3 Å². The second-order valence-electron chi connectivity index (χ2n) is 5.13. The van der Waals surface area contributed by atoms with Gasteiger partial charge in [-0.1, -0.05) is 6.42 Å². The zero-order chi connectivity index (χ0) is 8.84. The molecule has 0 spiro atoms. The third-order valence-corrected chi connectivity index (χ3v) is 5.71. The highest BCUT2D eigenvalue weighted by Gasteiger charge is 2.45. The van der Waals surface area contributed by atoms with Gasteiger partial charge in [-0.05, 0) is 48.5 Å². The van der Waals surface area contributed by atoms with Gasteiger partial charge in [-0.25, -0.2) is 0 Å². The maximum absolute atomic E-state index is 10.2. The van der Waals surface area contributed by atoms with E-state index in [0.29, 0.717) is 11.8 Å². The van der Waals surface area contributed by atoms with Crippen LogP contribution in [0.3, 0.4) is 0 Å². The van der Waals surface area contributed by atoms with Crippen molar-refractivity contribution in [1.82, 2.24) is 0 Å². The Bertz CT molecular complexity index is 202. The van der Waals surface area contributed by atoms with E-state index in [0.717, 1.165) is 11.8 Å². The van der Waals surface area contributed by atoms with Crippen LogP contribution in [0.5, 0.6) is 0 Å². The van der Waals surface area contributed by atoms with E-state index in [-0.39, 0.29) is 6.10 Å². The Hall–Kier alpha value is 0.310. The summed E-state index contributed by atoms with van der Waals surface area (Å²) >= 11 is 1.99. The molecule has 2 saturated carbocycles. The molecule has 74 valence electrons. The second kappa shape index (κ2) is 3.16. The van der Waals surface area contributed by atoms with E-state index < -0.39 is 0 Å². The summed E-state index contributed by atoms with van der Waals surface area (Å²) in [4.78, 5) is 0. The Morgan fingerprint density at radius 3 is 2.46 bits per heavy atom. The van der Waals surface area contributed by atoms with Gasteiger partial charge in [-0.15, -0.1) is 0 Å². The van der Waals surface area contributed by atoms with Gasteiger partial charge >= 0.3 is 0 Å². The Morgan fingerprint density at radius 2 is 2.00 bits per heavy atom. The molecule has 13 heavy (non-hydrogen) atoms. The van der Waals surface area contributed by atoms with Crippen LogP contribution >= 0.6 is 11.8 Å². The molecule has 1 nitrogen and oxygen atoms in total. The molecule has 1 heterocycles. The maximum atomic E-state index is 10.2. The fourth-order valence-electron chi connectivity index (χ4n) is 3.51. The van der Waals surface area contributed by atoms with Crippen LogP contribution in [0.2, 0.25) is 0 Å². The van der Waals surface area contributed by atoms with Crippen molar-refractivity contribution in [2.24, 2.45) is 23.7 Å². The van der Waals surface area contributed by atoms with Crippen LogP contribution in [0.25, 0.3) is 0 Å². The monoisotopic (exact) mass is 198 g/mol. The van der Waals surface area contributed by atoms with Gasteiger partial charge in [-0.2, -0.15) is 11.8 Å². The van der Waals surface area contributed by atoms with Crippen LogP contribution in [-0.2, 0) is 0 Å². The number of thioether (sulfide) groups is 1. The van der Waals surface area contributed by atoms with Crippen LogP contribution in [-0.4, -0.2) is 22.7 Å². The molecule has 0 aromatic carbocycles. The van der Waals surface area contributed by atoms with Crippen molar-refractivity contribution >= 4 is 11.8 Å². The molecule has 4 unspecified atom stereocenters. The number of hydrogen-bond donors (Lipinski definition) is 1. The molecular weight excluding hydrogens is 180 g/mol. The van der Waals surface area contributed by atoms with Gasteiger partial charge in [0, 0.05) is 5.92 Å². The van der Waals surface area contributed by atoms with E-state index in [1.807, 2.05) is 11.8 Å². The third kappa shape index (κ3) is 1.33. The molecule has 1 N–H and O–H groups in total. The highest BCUT2D eigenvalue weighted by atomic mass is 32.2. The van der Waals surface area contributed by atoms with Crippen molar-refractivity contribution in [2.75, 3.05) is 11.5 Å². The second-order valence-corrected chi connectivity index (χ2v) is 6.20. The quantitative estimate of drug-likeness (QED) is 0.733. The van der Waals surface area contributed by atoms with E-state index in [1.165, 1.54) is 37.2 Å². The first kappa shape index (κ1) is 8.60. The fraction of sp³-hybridized carbons (Fsp3) is 1.00. The van der Waals surface area contributed by atoms with Crippen molar-refractivity contribution in [3.8, 4) is 0 Å².